The number of carbonyl (C=O) groups excluding carboxylic acids is 1. The molecule has 2 heterocycles. The van der Waals surface area contributed by atoms with E-state index in [9.17, 15) is 4.79 Å². The molecule has 0 aliphatic carbocycles. The van der Waals surface area contributed by atoms with E-state index in [2.05, 4.69) is 10.3 Å². The molecule has 2 aromatic rings. The third-order valence-electron chi connectivity index (χ3n) is 2.65. The van der Waals surface area contributed by atoms with E-state index >= 15 is 0 Å². The molecule has 1 fully saturated rings. The molecule has 4 heteroatoms. The summed E-state index contributed by atoms with van der Waals surface area (Å²) in [5.74, 6) is 0. The summed E-state index contributed by atoms with van der Waals surface area (Å²) in [6, 6.07) is 8.07. The first-order valence-corrected chi connectivity index (χ1v) is 4.83. The van der Waals surface area contributed by atoms with E-state index in [1.54, 1.807) is 0 Å². The van der Waals surface area contributed by atoms with E-state index in [-0.39, 0.29) is 12.1 Å². The van der Waals surface area contributed by atoms with Gasteiger partial charge in [-0.3, -0.25) is 0 Å². The molecular weight excluding hydrogens is 192 g/mol. The van der Waals surface area contributed by atoms with Gasteiger partial charge in [-0.1, -0.05) is 12.1 Å². The Bertz CT molecular complexity index is 518. The van der Waals surface area contributed by atoms with Gasteiger partial charge in [0.15, 0.2) is 0 Å². The lowest BCUT2D eigenvalue weighted by molar-refractivity contribution is 0.177. The summed E-state index contributed by atoms with van der Waals surface area (Å²) in [7, 11) is 0. The van der Waals surface area contributed by atoms with Crippen molar-refractivity contribution in [2.24, 2.45) is 0 Å². The molecular formula is C11H10N2O2. The van der Waals surface area contributed by atoms with Crippen molar-refractivity contribution >= 4 is 17.0 Å². The molecule has 0 bridgehead atoms. The lowest BCUT2D eigenvalue weighted by Gasteiger charge is -2.07. The summed E-state index contributed by atoms with van der Waals surface area (Å²) in [5, 5.41) is 3.92. The average Bonchev–Trinajstić information content (AvgIpc) is 2.84. The van der Waals surface area contributed by atoms with Gasteiger partial charge in [0, 0.05) is 11.7 Å². The Balaban J connectivity index is 2.00. The van der Waals surface area contributed by atoms with Gasteiger partial charge in [-0.25, -0.2) is 4.79 Å². The normalized spacial score (nSPS) is 20.3. The van der Waals surface area contributed by atoms with Gasteiger partial charge in [0.1, 0.15) is 6.61 Å². The van der Waals surface area contributed by atoms with Gasteiger partial charge < -0.3 is 15.0 Å². The Hall–Kier alpha value is -1.97. The zero-order valence-corrected chi connectivity index (χ0v) is 7.99. The first-order chi connectivity index (χ1) is 7.33. The van der Waals surface area contributed by atoms with Crippen LogP contribution in [0.5, 0.6) is 0 Å². The van der Waals surface area contributed by atoms with Crippen molar-refractivity contribution in [1.82, 2.24) is 10.3 Å². The summed E-state index contributed by atoms with van der Waals surface area (Å²) in [6.07, 6.45) is 1.56. The van der Waals surface area contributed by atoms with Crippen molar-refractivity contribution in [3.63, 3.8) is 0 Å². The zero-order valence-electron chi connectivity index (χ0n) is 7.99. The van der Waals surface area contributed by atoms with Crippen LogP contribution in [0.4, 0.5) is 4.79 Å². The summed E-state index contributed by atoms with van der Waals surface area (Å²) in [5.41, 5.74) is 2.14. The number of benzene rings is 1. The number of carbonyl (C=O) groups is 1. The second kappa shape index (κ2) is 3.02. The van der Waals surface area contributed by atoms with E-state index in [0.717, 1.165) is 11.1 Å². The van der Waals surface area contributed by atoms with Crippen LogP contribution in [0.15, 0.2) is 30.5 Å². The molecule has 1 aliphatic heterocycles. The number of nitrogens with one attached hydrogen (secondary N) is 2. The van der Waals surface area contributed by atoms with Crippen LogP contribution in [0, 0.1) is 0 Å². The number of aromatic nitrogens is 1. The van der Waals surface area contributed by atoms with Crippen molar-refractivity contribution in [1.29, 1.82) is 0 Å². The number of alkyl carbamates (subject to hydrolysis) is 1. The average molecular weight is 202 g/mol. The number of hydrogen-bond acceptors (Lipinski definition) is 2. The minimum absolute atomic E-state index is 0.0230. The van der Waals surface area contributed by atoms with Crippen LogP contribution in [-0.4, -0.2) is 17.7 Å². The smallest absolute Gasteiger partial charge is 0.407 e. The Morgan fingerprint density at radius 2 is 2.27 bits per heavy atom. The van der Waals surface area contributed by atoms with Gasteiger partial charge in [0.05, 0.1) is 6.04 Å². The predicted octanol–water partition coefficient (Wildman–Crippen LogP) is 1.95. The van der Waals surface area contributed by atoms with Crippen LogP contribution in [-0.2, 0) is 4.74 Å². The summed E-state index contributed by atoms with van der Waals surface area (Å²) in [6.45, 7) is 0.408. The van der Waals surface area contributed by atoms with Crippen molar-refractivity contribution in [2.45, 2.75) is 6.04 Å². The first-order valence-electron chi connectivity index (χ1n) is 4.83. The van der Waals surface area contributed by atoms with Crippen LogP contribution >= 0.6 is 0 Å². The van der Waals surface area contributed by atoms with E-state index in [0.29, 0.717) is 6.61 Å². The maximum atomic E-state index is 10.9. The molecule has 15 heavy (non-hydrogen) atoms. The second-order valence-corrected chi connectivity index (χ2v) is 3.62. The van der Waals surface area contributed by atoms with Gasteiger partial charge in [0.2, 0.25) is 0 Å². The first kappa shape index (κ1) is 8.35. The zero-order chi connectivity index (χ0) is 10.3. The SMILES string of the molecule is O=C1NC(c2ccc3cc[nH]c3c2)CO1. The fourth-order valence-corrected chi connectivity index (χ4v) is 1.85. The number of fused-ring (bicyclic) bond motifs is 1. The maximum Gasteiger partial charge on any atom is 0.407 e. The molecule has 2 N–H and O–H groups in total. The highest BCUT2D eigenvalue weighted by Gasteiger charge is 2.23. The molecule has 0 saturated carbocycles. The van der Waals surface area contributed by atoms with Gasteiger partial charge in [-0.2, -0.15) is 0 Å². The predicted molar refractivity (Wildman–Crippen MR) is 55.5 cm³/mol. The molecule has 76 valence electrons. The summed E-state index contributed by atoms with van der Waals surface area (Å²) < 4.78 is 4.85. The molecule has 1 unspecified atom stereocenters. The molecule has 3 rings (SSSR count). The minimum Gasteiger partial charge on any atom is -0.447 e. The van der Waals surface area contributed by atoms with E-state index in [1.165, 1.54) is 5.39 Å². The number of ether oxygens (including phenoxy) is 1. The number of cyclic esters (lactones) is 1. The standard InChI is InChI=1S/C11H10N2O2/c14-11-13-10(6-15-11)8-2-1-7-3-4-12-9(7)5-8/h1-5,10,12H,6H2,(H,13,14). The molecule has 1 aromatic heterocycles. The number of aromatic amines is 1. The van der Waals surface area contributed by atoms with E-state index in [4.69, 9.17) is 4.74 Å². The highest BCUT2D eigenvalue weighted by molar-refractivity contribution is 5.80. The van der Waals surface area contributed by atoms with E-state index in [1.807, 2.05) is 30.5 Å². The number of amides is 1. The van der Waals surface area contributed by atoms with Crippen LogP contribution in [0.2, 0.25) is 0 Å². The molecule has 1 amide bonds. The quantitative estimate of drug-likeness (QED) is 0.742. The molecule has 1 aliphatic rings. The number of hydrogen-bond donors (Lipinski definition) is 2. The van der Waals surface area contributed by atoms with Crippen molar-refractivity contribution in [3.8, 4) is 0 Å². The fraction of sp³-hybridized carbons (Fsp3) is 0.182. The highest BCUT2D eigenvalue weighted by Crippen LogP contribution is 2.22. The topological polar surface area (TPSA) is 54.1 Å². The third kappa shape index (κ3) is 1.34. The molecule has 0 spiro atoms. The van der Waals surface area contributed by atoms with Gasteiger partial charge in [-0.15, -0.1) is 0 Å². The van der Waals surface area contributed by atoms with Crippen molar-refractivity contribution < 1.29 is 9.53 Å². The number of rotatable bonds is 1. The molecule has 1 atom stereocenters. The minimum atomic E-state index is -0.341. The van der Waals surface area contributed by atoms with Crippen molar-refractivity contribution in [2.75, 3.05) is 6.61 Å². The van der Waals surface area contributed by atoms with Crippen LogP contribution in [0.3, 0.4) is 0 Å². The molecule has 1 aromatic carbocycles. The summed E-state index contributed by atoms with van der Waals surface area (Å²) in [4.78, 5) is 14.0. The highest BCUT2D eigenvalue weighted by atomic mass is 16.6. The summed E-state index contributed by atoms with van der Waals surface area (Å²) >= 11 is 0. The number of H-pyrrole nitrogens is 1. The lowest BCUT2D eigenvalue weighted by Crippen LogP contribution is -2.18. The van der Waals surface area contributed by atoms with Crippen LogP contribution < -0.4 is 5.32 Å². The fourth-order valence-electron chi connectivity index (χ4n) is 1.85. The van der Waals surface area contributed by atoms with Gasteiger partial charge >= 0.3 is 6.09 Å². The van der Waals surface area contributed by atoms with Gasteiger partial charge in [-0.05, 0) is 23.1 Å². The molecule has 1 saturated heterocycles. The van der Waals surface area contributed by atoms with E-state index < -0.39 is 0 Å². The van der Waals surface area contributed by atoms with Crippen molar-refractivity contribution in [3.05, 3.63) is 36.0 Å². The largest absolute Gasteiger partial charge is 0.447 e. The third-order valence-corrected chi connectivity index (χ3v) is 2.65. The Labute approximate surface area is 86.2 Å². The lowest BCUT2D eigenvalue weighted by atomic mass is 10.1. The van der Waals surface area contributed by atoms with Gasteiger partial charge in [0.25, 0.3) is 0 Å². The molecule has 0 radical (unpaired) electrons. The Kier molecular flexibility index (Phi) is 1.68. The Morgan fingerprint density at radius 3 is 3.07 bits per heavy atom. The maximum absolute atomic E-state index is 10.9. The van der Waals surface area contributed by atoms with Crippen LogP contribution in [0.1, 0.15) is 11.6 Å². The molecule has 4 nitrogen and oxygen atoms in total. The van der Waals surface area contributed by atoms with Crippen LogP contribution in [0.25, 0.3) is 10.9 Å². The Morgan fingerprint density at radius 1 is 1.33 bits per heavy atom. The second-order valence-electron chi connectivity index (χ2n) is 3.62. The monoisotopic (exact) mass is 202 g/mol.